The summed E-state index contributed by atoms with van der Waals surface area (Å²) in [5, 5.41) is 0. The molecular weight excluding hydrogens is 291 g/mol. The quantitative estimate of drug-likeness (QED) is 0.783. The van der Waals surface area contributed by atoms with E-state index in [1.54, 1.807) is 6.92 Å². The molecule has 0 saturated carbocycles. The van der Waals surface area contributed by atoms with Crippen molar-refractivity contribution in [3.8, 4) is 0 Å². The maximum atomic E-state index is 11.9. The second kappa shape index (κ2) is 4.22. The van der Waals surface area contributed by atoms with Crippen molar-refractivity contribution in [3.05, 3.63) is 41.5 Å². The lowest BCUT2D eigenvalue weighted by atomic mass is 10.1. The van der Waals surface area contributed by atoms with E-state index in [9.17, 15) is 4.79 Å². The number of ketones is 1. The number of Topliss-reactive ketones (excluding diaryl/α,β-unsaturated/α-hetero) is 1. The molecule has 16 heavy (non-hydrogen) atoms. The van der Waals surface area contributed by atoms with E-state index in [-0.39, 0.29) is 11.7 Å². The van der Waals surface area contributed by atoms with Gasteiger partial charge in [-0.3, -0.25) is 4.79 Å². The first-order chi connectivity index (χ1) is 7.56. The third-order valence-electron chi connectivity index (χ3n) is 2.42. The topological polar surface area (TPSA) is 26.3 Å². The van der Waals surface area contributed by atoms with Crippen LogP contribution in [0.4, 0.5) is 0 Å². The maximum absolute atomic E-state index is 11.9. The van der Waals surface area contributed by atoms with Crippen LogP contribution in [0, 0.1) is 0 Å². The lowest BCUT2D eigenvalue weighted by molar-refractivity contribution is -0.121. The van der Waals surface area contributed by atoms with Crippen molar-refractivity contribution >= 4 is 39.1 Å². The Morgan fingerprint density at radius 2 is 2.00 bits per heavy atom. The minimum atomic E-state index is -0.984. The fourth-order valence-corrected chi connectivity index (χ4v) is 2.26. The molecule has 0 bridgehead atoms. The van der Waals surface area contributed by atoms with Crippen molar-refractivity contribution in [2.45, 2.75) is 11.4 Å². The molecule has 1 unspecified atom stereocenters. The van der Waals surface area contributed by atoms with E-state index < -0.39 is 4.51 Å². The molecule has 0 N–H and O–H groups in total. The van der Waals surface area contributed by atoms with Gasteiger partial charge in [-0.05, 0) is 22.9 Å². The fourth-order valence-electron chi connectivity index (χ4n) is 1.62. The van der Waals surface area contributed by atoms with Crippen LogP contribution in [0.3, 0.4) is 0 Å². The van der Waals surface area contributed by atoms with Crippen LogP contribution < -0.4 is 0 Å². The van der Waals surface area contributed by atoms with Crippen LogP contribution in [-0.2, 0) is 9.53 Å². The number of hydrogen-bond acceptors (Lipinski definition) is 2. The largest absolute Gasteiger partial charge is 0.467 e. The summed E-state index contributed by atoms with van der Waals surface area (Å²) in [6.45, 7) is 1.68. The van der Waals surface area contributed by atoms with E-state index in [0.717, 1.165) is 5.56 Å². The highest BCUT2D eigenvalue weighted by molar-refractivity contribution is 9.10. The molecule has 4 heteroatoms. The SMILES string of the molecule is CC1(Br)OC(c2ccccc2)=C(CCl)C1=O. The van der Waals surface area contributed by atoms with Gasteiger partial charge >= 0.3 is 0 Å². The van der Waals surface area contributed by atoms with Gasteiger partial charge in [0.1, 0.15) is 5.76 Å². The fraction of sp³-hybridized carbons (Fsp3) is 0.250. The zero-order valence-corrected chi connectivity index (χ0v) is 11.0. The van der Waals surface area contributed by atoms with Gasteiger partial charge < -0.3 is 4.74 Å². The van der Waals surface area contributed by atoms with Crippen LogP contribution in [0.15, 0.2) is 35.9 Å². The summed E-state index contributed by atoms with van der Waals surface area (Å²) < 4.78 is 4.63. The highest BCUT2D eigenvalue weighted by Crippen LogP contribution is 2.40. The molecular formula is C12H10BrClO2. The summed E-state index contributed by atoms with van der Waals surface area (Å²) in [6.07, 6.45) is 0. The predicted molar refractivity (Wildman–Crippen MR) is 67.5 cm³/mol. The Balaban J connectivity index is 2.48. The molecule has 1 aromatic carbocycles. The van der Waals surface area contributed by atoms with Gasteiger partial charge in [0.2, 0.25) is 10.3 Å². The van der Waals surface area contributed by atoms with Gasteiger partial charge in [0.05, 0.1) is 11.5 Å². The molecule has 0 amide bonds. The molecule has 0 fully saturated rings. The molecule has 0 aromatic heterocycles. The molecule has 2 nitrogen and oxygen atoms in total. The first kappa shape index (κ1) is 11.7. The van der Waals surface area contributed by atoms with Crippen molar-refractivity contribution in [3.63, 3.8) is 0 Å². The van der Waals surface area contributed by atoms with E-state index in [2.05, 4.69) is 15.9 Å². The molecule has 0 saturated heterocycles. The number of carbonyl (C=O) groups excluding carboxylic acids is 1. The number of benzene rings is 1. The normalized spacial score (nSPS) is 24.8. The van der Waals surface area contributed by atoms with Crippen molar-refractivity contribution in [2.75, 3.05) is 5.88 Å². The molecule has 1 aliphatic rings. The molecule has 1 atom stereocenters. The number of alkyl halides is 2. The van der Waals surface area contributed by atoms with Gasteiger partial charge in [-0.1, -0.05) is 30.3 Å². The highest BCUT2D eigenvalue weighted by Gasteiger charge is 2.43. The van der Waals surface area contributed by atoms with Crippen LogP contribution in [0.1, 0.15) is 12.5 Å². The lowest BCUT2D eigenvalue weighted by Crippen LogP contribution is -2.25. The van der Waals surface area contributed by atoms with Gasteiger partial charge in [-0.25, -0.2) is 0 Å². The molecule has 1 heterocycles. The molecule has 0 aliphatic carbocycles. The Labute approximate surface area is 107 Å². The van der Waals surface area contributed by atoms with E-state index in [1.165, 1.54) is 0 Å². The van der Waals surface area contributed by atoms with Gasteiger partial charge in [-0.2, -0.15) is 0 Å². The first-order valence-corrected chi connectivity index (χ1v) is 6.16. The molecule has 2 rings (SSSR count). The second-order valence-electron chi connectivity index (χ2n) is 3.66. The van der Waals surface area contributed by atoms with Crippen LogP contribution in [0.2, 0.25) is 0 Å². The van der Waals surface area contributed by atoms with Crippen LogP contribution in [0.25, 0.3) is 5.76 Å². The summed E-state index contributed by atoms with van der Waals surface area (Å²) in [5.41, 5.74) is 1.39. The van der Waals surface area contributed by atoms with E-state index in [0.29, 0.717) is 11.3 Å². The number of rotatable bonds is 2. The summed E-state index contributed by atoms with van der Waals surface area (Å²) in [4.78, 5) is 11.9. The molecule has 1 aliphatic heterocycles. The van der Waals surface area contributed by atoms with Crippen LogP contribution in [-0.4, -0.2) is 16.2 Å². The van der Waals surface area contributed by atoms with Crippen molar-refractivity contribution in [1.82, 2.24) is 0 Å². The van der Waals surface area contributed by atoms with Crippen LogP contribution >= 0.6 is 27.5 Å². The third-order valence-corrected chi connectivity index (χ3v) is 3.21. The molecule has 1 aromatic rings. The van der Waals surface area contributed by atoms with Gasteiger partial charge in [0.15, 0.2) is 0 Å². The van der Waals surface area contributed by atoms with Crippen molar-refractivity contribution in [1.29, 1.82) is 0 Å². The minimum absolute atomic E-state index is 0.110. The summed E-state index contributed by atoms with van der Waals surface area (Å²) in [5.74, 6) is 0.617. The maximum Gasteiger partial charge on any atom is 0.222 e. The standard InChI is InChI=1S/C12H10BrClO2/c1-12(13)11(15)9(7-14)10(16-12)8-5-3-2-4-6-8/h2-6H,7H2,1H3. The second-order valence-corrected chi connectivity index (χ2v) is 5.44. The lowest BCUT2D eigenvalue weighted by Gasteiger charge is -2.15. The Morgan fingerprint density at radius 1 is 1.38 bits per heavy atom. The summed E-state index contributed by atoms with van der Waals surface area (Å²) >= 11 is 9.05. The van der Waals surface area contributed by atoms with E-state index in [1.807, 2.05) is 30.3 Å². The monoisotopic (exact) mass is 300 g/mol. The molecule has 0 spiro atoms. The highest BCUT2D eigenvalue weighted by atomic mass is 79.9. The Bertz CT molecular complexity index is 451. The number of halogens is 2. The van der Waals surface area contributed by atoms with Gasteiger partial charge in [0, 0.05) is 5.56 Å². The van der Waals surface area contributed by atoms with Crippen molar-refractivity contribution < 1.29 is 9.53 Å². The zero-order chi connectivity index (χ0) is 11.8. The number of hydrogen-bond donors (Lipinski definition) is 0. The third kappa shape index (κ3) is 1.89. The Kier molecular flexibility index (Phi) is 3.08. The number of carbonyl (C=O) groups is 1. The number of ether oxygens (including phenoxy) is 1. The van der Waals surface area contributed by atoms with Crippen LogP contribution in [0.5, 0.6) is 0 Å². The molecule has 0 radical (unpaired) electrons. The van der Waals surface area contributed by atoms with Gasteiger partial charge in [0.25, 0.3) is 0 Å². The Morgan fingerprint density at radius 3 is 2.56 bits per heavy atom. The first-order valence-electron chi connectivity index (χ1n) is 4.83. The Hall–Kier alpha value is -0.800. The zero-order valence-electron chi connectivity index (χ0n) is 8.67. The smallest absolute Gasteiger partial charge is 0.222 e. The average Bonchev–Trinajstić information content (AvgIpc) is 2.52. The predicted octanol–water partition coefficient (Wildman–Crippen LogP) is 3.35. The van der Waals surface area contributed by atoms with Crippen molar-refractivity contribution in [2.24, 2.45) is 0 Å². The average molecular weight is 302 g/mol. The summed E-state index contributed by atoms with van der Waals surface area (Å²) in [6, 6.07) is 9.49. The van der Waals surface area contributed by atoms with Gasteiger partial charge in [-0.15, -0.1) is 11.6 Å². The summed E-state index contributed by atoms with van der Waals surface area (Å²) in [7, 11) is 0. The minimum Gasteiger partial charge on any atom is -0.467 e. The molecule has 84 valence electrons. The van der Waals surface area contributed by atoms with E-state index >= 15 is 0 Å². The van der Waals surface area contributed by atoms with E-state index in [4.69, 9.17) is 16.3 Å².